The van der Waals surface area contributed by atoms with Gasteiger partial charge in [0, 0.05) is 34.6 Å². The lowest BCUT2D eigenvalue weighted by Crippen LogP contribution is -2.15. The summed E-state index contributed by atoms with van der Waals surface area (Å²) in [7, 11) is 0. The van der Waals surface area contributed by atoms with Crippen LogP contribution in [-0.2, 0) is 0 Å². The molecule has 4 aromatic rings. The van der Waals surface area contributed by atoms with Gasteiger partial charge in [0.1, 0.15) is 22.2 Å². The molecule has 0 saturated heterocycles. The molecule has 2 aromatic heterocycles. The van der Waals surface area contributed by atoms with Crippen molar-refractivity contribution in [1.29, 1.82) is 0 Å². The minimum absolute atomic E-state index is 0.430. The Kier molecular flexibility index (Phi) is 4.90. The molecule has 0 spiro atoms. The first kappa shape index (κ1) is 17.9. The average molecular weight is 393 g/mol. The van der Waals surface area contributed by atoms with E-state index in [4.69, 9.17) is 0 Å². The molecule has 0 aliphatic rings. The van der Waals surface area contributed by atoms with Gasteiger partial charge in [-0.1, -0.05) is 18.2 Å². The quantitative estimate of drug-likeness (QED) is 0.505. The number of pyridine rings is 1. The molecule has 0 radical (unpaired) electrons. The molecule has 0 aliphatic heterocycles. The molecule has 1 amide bonds. The van der Waals surface area contributed by atoms with Crippen molar-refractivity contribution in [1.82, 2.24) is 9.97 Å². The summed E-state index contributed by atoms with van der Waals surface area (Å²) in [5.74, 6) is -2.64. The number of thiazole rings is 1. The number of carbonyl (C=O) groups is 1. The third kappa shape index (κ3) is 3.65. The van der Waals surface area contributed by atoms with Crippen molar-refractivity contribution < 1.29 is 13.6 Å². The van der Waals surface area contributed by atoms with Gasteiger partial charge in [0.05, 0.1) is 5.69 Å². The highest BCUT2D eigenvalue weighted by Crippen LogP contribution is 2.29. The summed E-state index contributed by atoms with van der Waals surface area (Å²) in [6.45, 7) is 0. The monoisotopic (exact) mass is 393 g/mol. The first-order chi connectivity index (χ1) is 13.6. The molecule has 0 bridgehead atoms. The lowest BCUT2D eigenvalue weighted by molar-refractivity contribution is 0.101. The first-order valence-electron chi connectivity index (χ1n) is 8.33. The zero-order valence-corrected chi connectivity index (χ0v) is 15.2. The van der Waals surface area contributed by atoms with Gasteiger partial charge in [-0.25, -0.2) is 13.8 Å². The van der Waals surface area contributed by atoms with Gasteiger partial charge in [0.25, 0.3) is 5.91 Å². The van der Waals surface area contributed by atoms with Gasteiger partial charge in [-0.3, -0.25) is 9.78 Å². The fraction of sp³-hybridized carbons (Fsp3) is 0. The highest BCUT2D eigenvalue weighted by molar-refractivity contribution is 7.13. The lowest BCUT2D eigenvalue weighted by atomic mass is 10.1. The van der Waals surface area contributed by atoms with E-state index in [0.717, 1.165) is 34.0 Å². The number of nitrogens with one attached hydrogen (secondary N) is 1. The summed E-state index contributed by atoms with van der Waals surface area (Å²) in [5.41, 5.74) is 2.42. The van der Waals surface area contributed by atoms with Crippen molar-refractivity contribution in [3.63, 3.8) is 0 Å². The van der Waals surface area contributed by atoms with E-state index in [1.807, 2.05) is 17.5 Å². The van der Waals surface area contributed by atoms with Crippen LogP contribution in [0.25, 0.3) is 21.8 Å². The lowest BCUT2D eigenvalue weighted by Gasteiger charge is -2.07. The smallest absolute Gasteiger partial charge is 0.261 e. The maximum Gasteiger partial charge on any atom is 0.261 e. The van der Waals surface area contributed by atoms with Gasteiger partial charge in [0.2, 0.25) is 0 Å². The molecule has 0 unspecified atom stereocenters. The van der Waals surface area contributed by atoms with Gasteiger partial charge < -0.3 is 5.32 Å². The van der Waals surface area contributed by atoms with Gasteiger partial charge >= 0.3 is 0 Å². The number of nitrogens with zero attached hydrogens (tertiary/aromatic N) is 2. The average Bonchev–Trinajstić information content (AvgIpc) is 3.19. The van der Waals surface area contributed by atoms with Crippen molar-refractivity contribution >= 4 is 22.9 Å². The standard InChI is InChI=1S/C21H13F2N3OS/c22-16-4-1-5-17(23)19(16)20(27)25-15-8-6-13(7-9-15)18-12-28-21(26-18)14-3-2-10-24-11-14/h1-12H,(H,25,27). The minimum Gasteiger partial charge on any atom is -0.322 e. The van der Waals surface area contributed by atoms with Gasteiger partial charge in [-0.15, -0.1) is 11.3 Å². The van der Waals surface area contributed by atoms with E-state index in [9.17, 15) is 13.6 Å². The van der Waals surface area contributed by atoms with Gasteiger partial charge in [-0.2, -0.15) is 0 Å². The van der Waals surface area contributed by atoms with Crippen LogP contribution in [0.4, 0.5) is 14.5 Å². The molecule has 28 heavy (non-hydrogen) atoms. The van der Waals surface area contributed by atoms with Crippen molar-refractivity contribution in [3.05, 3.63) is 89.6 Å². The molecule has 2 heterocycles. The molecule has 0 atom stereocenters. The number of rotatable bonds is 4. The molecule has 2 aromatic carbocycles. The van der Waals surface area contributed by atoms with Crippen LogP contribution in [0.5, 0.6) is 0 Å². The van der Waals surface area contributed by atoms with E-state index in [0.29, 0.717) is 5.69 Å². The van der Waals surface area contributed by atoms with Crippen LogP contribution in [-0.4, -0.2) is 15.9 Å². The van der Waals surface area contributed by atoms with Gasteiger partial charge in [0.15, 0.2) is 0 Å². The summed E-state index contributed by atoms with van der Waals surface area (Å²) in [4.78, 5) is 20.9. The van der Waals surface area contributed by atoms with E-state index in [1.165, 1.54) is 17.4 Å². The number of halogens is 2. The second kappa shape index (κ2) is 7.66. The molecular formula is C21H13F2N3OS. The summed E-state index contributed by atoms with van der Waals surface area (Å²) >= 11 is 1.51. The Labute approximate surface area is 163 Å². The number of aromatic nitrogens is 2. The van der Waals surface area contributed by atoms with E-state index >= 15 is 0 Å². The molecule has 0 aliphatic carbocycles. The Bertz CT molecular complexity index is 1110. The van der Waals surface area contributed by atoms with E-state index in [2.05, 4.69) is 15.3 Å². The molecule has 138 valence electrons. The third-order valence-electron chi connectivity index (χ3n) is 4.04. The van der Waals surface area contributed by atoms with E-state index in [-0.39, 0.29) is 0 Å². The Morgan fingerprint density at radius 2 is 1.68 bits per heavy atom. The maximum atomic E-state index is 13.7. The molecular weight excluding hydrogens is 380 g/mol. The topological polar surface area (TPSA) is 54.9 Å². The number of benzene rings is 2. The summed E-state index contributed by atoms with van der Waals surface area (Å²) in [5, 5.41) is 5.30. The van der Waals surface area contributed by atoms with Crippen LogP contribution in [0, 0.1) is 11.6 Å². The van der Waals surface area contributed by atoms with Crippen LogP contribution < -0.4 is 5.32 Å². The van der Waals surface area contributed by atoms with Crippen LogP contribution in [0.1, 0.15) is 10.4 Å². The maximum absolute atomic E-state index is 13.7. The van der Waals surface area contributed by atoms with E-state index < -0.39 is 23.1 Å². The molecule has 1 N–H and O–H groups in total. The third-order valence-corrected chi connectivity index (χ3v) is 4.93. The molecule has 4 rings (SSSR count). The minimum atomic E-state index is -0.903. The molecule has 4 nitrogen and oxygen atoms in total. The fourth-order valence-corrected chi connectivity index (χ4v) is 3.48. The molecule has 7 heteroatoms. The fourth-order valence-electron chi connectivity index (χ4n) is 2.66. The predicted molar refractivity (Wildman–Crippen MR) is 105 cm³/mol. The SMILES string of the molecule is O=C(Nc1ccc(-c2csc(-c3cccnc3)n2)cc1)c1c(F)cccc1F. The largest absolute Gasteiger partial charge is 0.322 e. The van der Waals surface area contributed by atoms with Crippen LogP contribution in [0.2, 0.25) is 0 Å². The van der Waals surface area contributed by atoms with Crippen LogP contribution >= 0.6 is 11.3 Å². The number of carbonyl (C=O) groups excluding carboxylic acids is 1. The van der Waals surface area contributed by atoms with E-state index in [1.54, 1.807) is 36.7 Å². The van der Waals surface area contributed by atoms with Gasteiger partial charge in [-0.05, 0) is 36.4 Å². The first-order valence-corrected chi connectivity index (χ1v) is 9.21. The summed E-state index contributed by atoms with van der Waals surface area (Å²) < 4.78 is 27.4. The highest BCUT2D eigenvalue weighted by Gasteiger charge is 2.17. The van der Waals surface area contributed by atoms with Crippen molar-refractivity contribution in [2.45, 2.75) is 0 Å². The zero-order valence-electron chi connectivity index (χ0n) is 14.4. The highest BCUT2D eigenvalue weighted by atomic mass is 32.1. The van der Waals surface area contributed by atoms with Crippen LogP contribution in [0.15, 0.2) is 72.4 Å². The normalized spacial score (nSPS) is 10.6. The predicted octanol–water partition coefficient (Wildman–Crippen LogP) is 5.40. The van der Waals surface area contributed by atoms with Crippen LogP contribution in [0.3, 0.4) is 0 Å². The molecule has 0 saturated carbocycles. The number of hydrogen-bond acceptors (Lipinski definition) is 4. The number of amides is 1. The Hall–Kier alpha value is -3.45. The van der Waals surface area contributed by atoms with Crippen molar-refractivity contribution in [2.24, 2.45) is 0 Å². The number of hydrogen-bond donors (Lipinski definition) is 1. The molecule has 0 fully saturated rings. The second-order valence-corrected chi connectivity index (χ2v) is 6.77. The summed E-state index contributed by atoms with van der Waals surface area (Å²) in [6.07, 6.45) is 3.46. The Balaban J connectivity index is 1.52. The summed E-state index contributed by atoms with van der Waals surface area (Å²) in [6, 6.07) is 14.0. The van der Waals surface area contributed by atoms with Crippen molar-refractivity contribution in [3.8, 4) is 21.8 Å². The Morgan fingerprint density at radius 1 is 0.929 bits per heavy atom. The zero-order chi connectivity index (χ0) is 19.5. The number of anilines is 1. The van der Waals surface area contributed by atoms with Crippen molar-refractivity contribution in [2.75, 3.05) is 5.32 Å². The Morgan fingerprint density at radius 3 is 2.36 bits per heavy atom. The second-order valence-electron chi connectivity index (χ2n) is 5.91.